The second-order valence-electron chi connectivity index (χ2n) is 3.42. The molecule has 0 aliphatic heterocycles. The van der Waals surface area contributed by atoms with Crippen molar-refractivity contribution in [2.75, 3.05) is 6.54 Å². The molecule has 0 aliphatic carbocycles. The fourth-order valence-electron chi connectivity index (χ4n) is 1.40. The molecule has 78 valence electrons. The van der Waals surface area contributed by atoms with E-state index in [1.165, 1.54) is 0 Å². The van der Waals surface area contributed by atoms with E-state index in [0.717, 1.165) is 12.2 Å². The van der Waals surface area contributed by atoms with Crippen LogP contribution in [-0.4, -0.2) is 27.9 Å². The molecule has 0 saturated carbocycles. The van der Waals surface area contributed by atoms with Crippen LogP contribution in [0, 0.1) is 0 Å². The highest BCUT2D eigenvalue weighted by molar-refractivity contribution is 5.81. The van der Waals surface area contributed by atoms with Crippen molar-refractivity contribution in [1.82, 2.24) is 14.9 Å². The van der Waals surface area contributed by atoms with Gasteiger partial charge in [0.05, 0.1) is 12.4 Å². The summed E-state index contributed by atoms with van der Waals surface area (Å²) in [4.78, 5) is 15.3. The molecular weight excluding hydrogens is 178 g/mol. The van der Waals surface area contributed by atoms with Gasteiger partial charge in [-0.05, 0) is 13.5 Å². The lowest BCUT2D eigenvalue weighted by atomic mass is 10.1. The van der Waals surface area contributed by atoms with Gasteiger partial charge < -0.3 is 9.88 Å². The number of hydrogen-bond acceptors (Lipinski definition) is 3. The first-order valence-corrected chi connectivity index (χ1v) is 4.84. The Morgan fingerprint density at radius 1 is 1.71 bits per heavy atom. The molecule has 1 rings (SSSR count). The first kappa shape index (κ1) is 10.9. The Hall–Kier alpha value is -1.16. The van der Waals surface area contributed by atoms with Crippen LogP contribution in [0.1, 0.15) is 19.5 Å². The summed E-state index contributed by atoms with van der Waals surface area (Å²) in [6.07, 6.45) is 4.26. The van der Waals surface area contributed by atoms with Crippen LogP contribution in [0.4, 0.5) is 0 Å². The van der Waals surface area contributed by atoms with Gasteiger partial charge in [-0.25, -0.2) is 4.98 Å². The maximum Gasteiger partial charge on any atom is 0.147 e. The van der Waals surface area contributed by atoms with Crippen LogP contribution in [0.25, 0.3) is 0 Å². The van der Waals surface area contributed by atoms with Gasteiger partial charge in [-0.1, -0.05) is 6.92 Å². The van der Waals surface area contributed by atoms with E-state index in [4.69, 9.17) is 0 Å². The number of hydrogen-bond donors (Lipinski definition) is 1. The average Bonchev–Trinajstić information content (AvgIpc) is 2.51. The normalized spacial score (nSPS) is 12.8. The standard InChI is InChI=1S/C10H17N3O/c1-4-12-10(8(2)14)5-9-6-11-7-13(9)3/h6-7,10,12H,4-5H2,1-3H3. The average molecular weight is 195 g/mol. The highest BCUT2D eigenvalue weighted by atomic mass is 16.1. The van der Waals surface area contributed by atoms with E-state index in [-0.39, 0.29) is 11.8 Å². The first-order chi connectivity index (χ1) is 6.65. The third-order valence-electron chi connectivity index (χ3n) is 2.27. The molecule has 1 aromatic rings. The van der Waals surface area contributed by atoms with Gasteiger partial charge in [0.25, 0.3) is 0 Å². The number of carbonyl (C=O) groups is 1. The zero-order chi connectivity index (χ0) is 10.6. The Bertz CT molecular complexity index is 306. The molecule has 0 amide bonds. The number of likely N-dealkylation sites (N-methyl/N-ethyl adjacent to an activating group) is 1. The first-order valence-electron chi connectivity index (χ1n) is 4.84. The van der Waals surface area contributed by atoms with Crippen LogP contribution in [-0.2, 0) is 18.3 Å². The van der Waals surface area contributed by atoms with Crippen LogP contribution in [0.2, 0.25) is 0 Å². The maximum atomic E-state index is 11.3. The van der Waals surface area contributed by atoms with Crippen molar-refractivity contribution < 1.29 is 4.79 Å². The van der Waals surface area contributed by atoms with E-state index in [9.17, 15) is 4.79 Å². The highest BCUT2D eigenvalue weighted by Crippen LogP contribution is 2.02. The van der Waals surface area contributed by atoms with Crippen molar-refractivity contribution in [2.45, 2.75) is 26.3 Å². The number of Topliss-reactive ketones (excluding diaryl/α,β-unsaturated/α-hetero) is 1. The van der Waals surface area contributed by atoms with Gasteiger partial charge in [0, 0.05) is 25.4 Å². The van der Waals surface area contributed by atoms with Crippen molar-refractivity contribution in [2.24, 2.45) is 7.05 Å². The van der Waals surface area contributed by atoms with E-state index in [1.54, 1.807) is 19.4 Å². The number of rotatable bonds is 5. The monoisotopic (exact) mass is 195 g/mol. The summed E-state index contributed by atoms with van der Waals surface area (Å²) in [5, 5.41) is 3.16. The zero-order valence-electron chi connectivity index (χ0n) is 8.95. The Morgan fingerprint density at radius 2 is 2.43 bits per heavy atom. The number of ketones is 1. The summed E-state index contributed by atoms with van der Waals surface area (Å²) in [6.45, 7) is 4.42. The molecular formula is C10H17N3O. The number of imidazole rings is 1. The van der Waals surface area contributed by atoms with E-state index in [1.807, 2.05) is 18.5 Å². The van der Waals surface area contributed by atoms with Gasteiger partial charge in [-0.15, -0.1) is 0 Å². The molecule has 1 N–H and O–H groups in total. The van der Waals surface area contributed by atoms with Crippen molar-refractivity contribution >= 4 is 5.78 Å². The quantitative estimate of drug-likeness (QED) is 0.745. The van der Waals surface area contributed by atoms with Gasteiger partial charge >= 0.3 is 0 Å². The number of carbonyl (C=O) groups excluding carboxylic acids is 1. The summed E-state index contributed by atoms with van der Waals surface area (Å²) in [6, 6.07) is -0.0876. The minimum absolute atomic E-state index is 0.0876. The Kier molecular flexibility index (Phi) is 3.83. The minimum Gasteiger partial charge on any atom is -0.338 e. The summed E-state index contributed by atoms with van der Waals surface area (Å²) >= 11 is 0. The molecule has 0 aliphatic rings. The van der Waals surface area contributed by atoms with Crippen LogP contribution >= 0.6 is 0 Å². The number of aromatic nitrogens is 2. The van der Waals surface area contributed by atoms with Gasteiger partial charge in [0.1, 0.15) is 5.78 Å². The van der Waals surface area contributed by atoms with Crippen molar-refractivity contribution in [1.29, 1.82) is 0 Å². The fourth-order valence-corrected chi connectivity index (χ4v) is 1.40. The van der Waals surface area contributed by atoms with Gasteiger partial charge in [-0.3, -0.25) is 4.79 Å². The predicted molar refractivity (Wildman–Crippen MR) is 55.1 cm³/mol. The van der Waals surface area contributed by atoms with Gasteiger partial charge in [0.15, 0.2) is 0 Å². The highest BCUT2D eigenvalue weighted by Gasteiger charge is 2.14. The van der Waals surface area contributed by atoms with Crippen molar-refractivity contribution in [3.8, 4) is 0 Å². The maximum absolute atomic E-state index is 11.3. The molecule has 0 radical (unpaired) electrons. The molecule has 1 unspecified atom stereocenters. The van der Waals surface area contributed by atoms with Crippen LogP contribution in [0.5, 0.6) is 0 Å². The molecule has 0 saturated heterocycles. The molecule has 1 aromatic heterocycles. The van der Waals surface area contributed by atoms with E-state index >= 15 is 0 Å². The zero-order valence-corrected chi connectivity index (χ0v) is 8.95. The Labute approximate surface area is 84.3 Å². The van der Waals surface area contributed by atoms with Crippen LogP contribution < -0.4 is 5.32 Å². The number of aryl methyl sites for hydroxylation is 1. The van der Waals surface area contributed by atoms with E-state index in [2.05, 4.69) is 10.3 Å². The van der Waals surface area contributed by atoms with Gasteiger partial charge in [0.2, 0.25) is 0 Å². The molecule has 4 heteroatoms. The lowest BCUT2D eigenvalue weighted by Gasteiger charge is -2.14. The molecule has 0 bridgehead atoms. The summed E-state index contributed by atoms with van der Waals surface area (Å²) < 4.78 is 1.94. The third-order valence-corrected chi connectivity index (χ3v) is 2.27. The van der Waals surface area contributed by atoms with Crippen LogP contribution in [0.15, 0.2) is 12.5 Å². The second-order valence-corrected chi connectivity index (χ2v) is 3.42. The van der Waals surface area contributed by atoms with Crippen molar-refractivity contribution in [3.05, 3.63) is 18.2 Å². The topological polar surface area (TPSA) is 46.9 Å². The molecule has 0 aromatic carbocycles. The molecule has 0 fully saturated rings. The molecule has 1 atom stereocenters. The van der Waals surface area contributed by atoms with E-state index < -0.39 is 0 Å². The predicted octanol–water partition coefficient (Wildman–Crippen LogP) is 0.530. The summed E-state index contributed by atoms with van der Waals surface area (Å²) in [5.74, 6) is 0.174. The third kappa shape index (κ3) is 2.67. The Balaban J connectivity index is 2.64. The summed E-state index contributed by atoms with van der Waals surface area (Å²) in [5.41, 5.74) is 1.08. The summed E-state index contributed by atoms with van der Waals surface area (Å²) in [7, 11) is 1.94. The molecule has 4 nitrogen and oxygen atoms in total. The fraction of sp³-hybridized carbons (Fsp3) is 0.600. The number of nitrogens with one attached hydrogen (secondary N) is 1. The minimum atomic E-state index is -0.0876. The molecule has 0 spiro atoms. The lowest BCUT2D eigenvalue weighted by molar-refractivity contribution is -0.118. The van der Waals surface area contributed by atoms with Gasteiger partial charge in [-0.2, -0.15) is 0 Å². The molecule has 1 heterocycles. The van der Waals surface area contributed by atoms with Crippen molar-refractivity contribution in [3.63, 3.8) is 0 Å². The van der Waals surface area contributed by atoms with Crippen LogP contribution in [0.3, 0.4) is 0 Å². The second kappa shape index (κ2) is 4.91. The lowest BCUT2D eigenvalue weighted by Crippen LogP contribution is -2.37. The Morgan fingerprint density at radius 3 is 2.86 bits per heavy atom. The van der Waals surface area contributed by atoms with E-state index in [0.29, 0.717) is 6.42 Å². The largest absolute Gasteiger partial charge is 0.338 e. The SMILES string of the molecule is CCNC(Cc1cncn1C)C(C)=O. The smallest absolute Gasteiger partial charge is 0.147 e. The molecule has 14 heavy (non-hydrogen) atoms. The number of nitrogens with zero attached hydrogens (tertiary/aromatic N) is 2.